The summed E-state index contributed by atoms with van der Waals surface area (Å²) in [6, 6.07) is 6.59. The monoisotopic (exact) mass is 290 g/mol. The van der Waals surface area contributed by atoms with Crippen molar-refractivity contribution >= 4 is 5.91 Å². The Morgan fingerprint density at radius 3 is 2.86 bits per heavy atom. The van der Waals surface area contributed by atoms with Crippen molar-refractivity contribution < 1.29 is 9.18 Å². The van der Waals surface area contributed by atoms with E-state index in [1.54, 1.807) is 18.2 Å². The SMILES string of the molecule is O=C(CNCc1ccccc1F)NCCC1=CCCCC1. The number of halogens is 1. The van der Waals surface area contributed by atoms with E-state index in [1.807, 2.05) is 0 Å². The molecule has 21 heavy (non-hydrogen) atoms. The highest BCUT2D eigenvalue weighted by Crippen LogP contribution is 2.19. The lowest BCUT2D eigenvalue weighted by atomic mass is 9.97. The van der Waals surface area contributed by atoms with E-state index in [9.17, 15) is 9.18 Å². The topological polar surface area (TPSA) is 41.1 Å². The molecule has 0 saturated carbocycles. The summed E-state index contributed by atoms with van der Waals surface area (Å²) < 4.78 is 13.4. The molecular formula is C17H23FN2O. The predicted octanol–water partition coefficient (Wildman–Crippen LogP) is 2.92. The smallest absolute Gasteiger partial charge is 0.233 e. The van der Waals surface area contributed by atoms with Gasteiger partial charge in [-0.25, -0.2) is 4.39 Å². The van der Waals surface area contributed by atoms with E-state index in [2.05, 4.69) is 16.7 Å². The molecule has 0 spiro atoms. The van der Waals surface area contributed by atoms with Crippen LogP contribution in [0.3, 0.4) is 0 Å². The molecule has 1 aliphatic carbocycles. The van der Waals surface area contributed by atoms with Crippen molar-refractivity contribution in [1.82, 2.24) is 10.6 Å². The molecule has 0 fully saturated rings. The first-order valence-electron chi connectivity index (χ1n) is 7.64. The minimum absolute atomic E-state index is 0.0391. The van der Waals surface area contributed by atoms with Crippen LogP contribution in [0.5, 0.6) is 0 Å². The van der Waals surface area contributed by atoms with E-state index in [1.165, 1.54) is 37.3 Å². The lowest BCUT2D eigenvalue weighted by Crippen LogP contribution is -2.34. The van der Waals surface area contributed by atoms with Crippen LogP contribution in [0.2, 0.25) is 0 Å². The second-order valence-electron chi connectivity index (χ2n) is 5.40. The minimum Gasteiger partial charge on any atom is -0.355 e. The van der Waals surface area contributed by atoms with Gasteiger partial charge in [-0.1, -0.05) is 29.8 Å². The third kappa shape index (κ3) is 5.68. The molecule has 114 valence electrons. The molecule has 0 atom stereocenters. The molecular weight excluding hydrogens is 267 g/mol. The largest absolute Gasteiger partial charge is 0.355 e. The van der Waals surface area contributed by atoms with Crippen molar-refractivity contribution in [2.75, 3.05) is 13.1 Å². The quantitative estimate of drug-likeness (QED) is 0.758. The van der Waals surface area contributed by atoms with Gasteiger partial charge in [0.15, 0.2) is 0 Å². The predicted molar refractivity (Wildman–Crippen MR) is 82.3 cm³/mol. The maximum absolute atomic E-state index is 13.4. The van der Waals surface area contributed by atoms with Crippen molar-refractivity contribution in [3.8, 4) is 0 Å². The molecule has 1 aliphatic rings. The van der Waals surface area contributed by atoms with E-state index < -0.39 is 0 Å². The van der Waals surface area contributed by atoms with Gasteiger partial charge < -0.3 is 10.6 Å². The van der Waals surface area contributed by atoms with Gasteiger partial charge in [0.05, 0.1) is 6.54 Å². The highest BCUT2D eigenvalue weighted by atomic mass is 19.1. The number of benzene rings is 1. The molecule has 1 aromatic rings. The van der Waals surface area contributed by atoms with Crippen molar-refractivity contribution in [3.05, 3.63) is 47.3 Å². The van der Waals surface area contributed by atoms with Crippen molar-refractivity contribution in [3.63, 3.8) is 0 Å². The fraction of sp³-hybridized carbons (Fsp3) is 0.471. The maximum Gasteiger partial charge on any atom is 0.233 e. The lowest BCUT2D eigenvalue weighted by Gasteiger charge is -2.13. The lowest BCUT2D eigenvalue weighted by molar-refractivity contribution is -0.120. The van der Waals surface area contributed by atoms with Crippen LogP contribution in [-0.4, -0.2) is 19.0 Å². The summed E-state index contributed by atoms with van der Waals surface area (Å²) in [7, 11) is 0. The fourth-order valence-corrected chi connectivity index (χ4v) is 2.51. The van der Waals surface area contributed by atoms with Crippen LogP contribution >= 0.6 is 0 Å². The minimum atomic E-state index is -0.241. The first-order chi connectivity index (χ1) is 10.3. The van der Waals surface area contributed by atoms with E-state index in [-0.39, 0.29) is 18.3 Å². The molecule has 2 rings (SSSR count). The van der Waals surface area contributed by atoms with E-state index in [4.69, 9.17) is 0 Å². The zero-order chi connectivity index (χ0) is 14.9. The molecule has 0 aliphatic heterocycles. The molecule has 4 heteroatoms. The average molecular weight is 290 g/mol. The Morgan fingerprint density at radius 2 is 2.10 bits per heavy atom. The highest BCUT2D eigenvalue weighted by molar-refractivity contribution is 5.77. The molecule has 0 aromatic heterocycles. The summed E-state index contributed by atoms with van der Waals surface area (Å²) in [5, 5.41) is 5.86. The molecule has 0 radical (unpaired) electrons. The highest BCUT2D eigenvalue weighted by Gasteiger charge is 2.05. The van der Waals surface area contributed by atoms with Crippen LogP contribution in [0, 0.1) is 5.82 Å². The first-order valence-corrected chi connectivity index (χ1v) is 7.64. The van der Waals surface area contributed by atoms with Gasteiger partial charge >= 0.3 is 0 Å². The van der Waals surface area contributed by atoms with Gasteiger partial charge in [-0.3, -0.25) is 4.79 Å². The summed E-state index contributed by atoms with van der Waals surface area (Å²) in [6.07, 6.45) is 8.14. The molecule has 0 heterocycles. The summed E-state index contributed by atoms with van der Waals surface area (Å²) >= 11 is 0. The molecule has 0 unspecified atom stereocenters. The van der Waals surface area contributed by atoms with Crippen LogP contribution in [0.25, 0.3) is 0 Å². The summed E-state index contributed by atoms with van der Waals surface area (Å²) in [5.41, 5.74) is 2.04. The Kier molecular flexibility index (Phi) is 6.41. The van der Waals surface area contributed by atoms with E-state index in [0.29, 0.717) is 18.7 Å². The Labute approximate surface area is 125 Å². The van der Waals surface area contributed by atoms with Crippen molar-refractivity contribution in [2.45, 2.75) is 38.6 Å². The van der Waals surface area contributed by atoms with Crippen LogP contribution < -0.4 is 10.6 Å². The maximum atomic E-state index is 13.4. The average Bonchev–Trinajstić information content (AvgIpc) is 2.50. The summed E-state index contributed by atoms with van der Waals surface area (Å²) in [5.74, 6) is -0.280. The Morgan fingerprint density at radius 1 is 1.24 bits per heavy atom. The number of hydrogen-bond acceptors (Lipinski definition) is 2. The molecule has 0 saturated heterocycles. The Hall–Kier alpha value is -1.68. The van der Waals surface area contributed by atoms with Gasteiger partial charge in [-0.05, 0) is 38.2 Å². The number of amides is 1. The number of nitrogens with one attached hydrogen (secondary N) is 2. The second-order valence-corrected chi connectivity index (χ2v) is 5.40. The third-order valence-corrected chi connectivity index (χ3v) is 3.71. The van der Waals surface area contributed by atoms with Crippen molar-refractivity contribution in [2.24, 2.45) is 0 Å². The zero-order valence-corrected chi connectivity index (χ0v) is 12.3. The second kappa shape index (κ2) is 8.57. The standard InChI is InChI=1S/C17H23FN2O/c18-16-9-5-4-8-15(16)12-19-13-17(21)20-11-10-14-6-2-1-3-7-14/h4-6,8-9,19H,1-3,7,10-13H2,(H,20,21). The van der Waals surface area contributed by atoms with Crippen LogP contribution in [0.4, 0.5) is 4.39 Å². The van der Waals surface area contributed by atoms with E-state index >= 15 is 0 Å². The molecule has 1 amide bonds. The first kappa shape index (κ1) is 15.7. The Bertz CT molecular complexity index is 499. The zero-order valence-electron chi connectivity index (χ0n) is 12.3. The van der Waals surface area contributed by atoms with Gasteiger partial charge in [-0.15, -0.1) is 0 Å². The number of hydrogen-bond donors (Lipinski definition) is 2. The van der Waals surface area contributed by atoms with Crippen LogP contribution in [0.15, 0.2) is 35.9 Å². The number of allylic oxidation sites excluding steroid dienone is 1. The molecule has 2 N–H and O–H groups in total. The van der Waals surface area contributed by atoms with Gasteiger partial charge in [0.2, 0.25) is 5.91 Å². The number of carbonyl (C=O) groups is 1. The van der Waals surface area contributed by atoms with Gasteiger partial charge in [0, 0.05) is 18.7 Å². The number of rotatable bonds is 7. The normalized spacial score (nSPS) is 14.6. The van der Waals surface area contributed by atoms with Crippen LogP contribution in [0.1, 0.15) is 37.7 Å². The summed E-state index contributed by atoms with van der Waals surface area (Å²) in [6.45, 7) is 1.27. The van der Waals surface area contributed by atoms with Gasteiger partial charge in [0.1, 0.15) is 5.82 Å². The van der Waals surface area contributed by atoms with Crippen LogP contribution in [-0.2, 0) is 11.3 Å². The summed E-state index contributed by atoms with van der Waals surface area (Å²) in [4.78, 5) is 11.7. The molecule has 3 nitrogen and oxygen atoms in total. The van der Waals surface area contributed by atoms with Gasteiger partial charge in [-0.2, -0.15) is 0 Å². The third-order valence-electron chi connectivity index (χ3n) is 3.71. The van der Waals surface area contributed by atoms with E-state index in [0.717, 1.165) is 6.42 Å². The van der Waals surface area contributed by atoms with Crippen molar-refractivity contribution in [1.29, 1.82) is 0 Å². The fourth-order valence-electron chi connectivity index (χ4n) is 2.51. The molecule has 0 bridgehead atoms. The number of carbonyl (C=O) groups excluding carboxylic acids is 1. The van der Waals surface area contributed by atoms with Gasteiger partial charge in [0.25, 0.3) is 0 Å². The Balaban J connectivity index is 1.59. The molecule has 1 aromatic carbocycles.